The topological polar surface area (TPSA) is 21.3 Å². The zero-order chi connectivity index (χ0) is 37.5. The molecule has 57 heavy (non-hydrogen) atoms. The van der Waals surface area contributed by atoms with E-state index in [4.69, 9.17) is 4.42 Å². The maximum atomic E-state index is 6.47. The lowest BCUT2D eigenvalue weighted by Gasteiger charge is -2.30. The molecule has 3 heterocycles. The molecule has 1 atom stereocenters. The molecule has 1 aliphatic carbocycles. The second-order valence-corrected chi connectivity index (χ2v) is 15.2. The molecular weight excluding hydrogens is 693 g/mol. The number of allylic oxidation sites excluding steroid dienone is 2. The molecule has 0 saturated heterocycles. The summed E-state index contributed by atoms with van der Waals surface area (Å²) in [5, 5.41) is 4.84. The van der Waals surface area contributed by atoms with Crippen molar-refractivity contribution in [1.82, 2.24) is 4.57 Å². The third-order valence-electron chi connectivity index (χ3n) is 12.1. The summed E-state index contributed by atoms with van der Waals surface area (Å²) >= 11 is 0. The molecule has 10 aromatic rings. The van der Waals surface area contributed by atoms with Crippen molar-refractivity contribution in [2.24, 2.45) is 0 Å². The largest absolute Gasteiger partial charge is 0.456 e. The lowest BCUT2D eigenvalue weighted by atomic mass is 9.88. The molecule has 0 saturated carbocycles. The summed E-state index contributed by atoms with van der Waals surface area (Å²) in [6, 6.07) is 68.1. The Kier molecular flexibility index (Phi) is 7.05. The fourth-order valence-electron chi connectivity index (χ4n) is 9.47. The molecule has 0 N–H and O–H groups in total. The average molecular weight is 729 g/mol. The Bertz CT molecular complexity index is 3260. The minimum Gasteiger partial charge on any atom is -0.456 e. The van der Waals surface area contributed by atoms with Crippen LogP contribution in [0.25, 0.3) is 82.8 Å². The van der Waals surface area contributed by atoms with Crippen LogP contribution in [0.3, 0.4) is 0 Å². The van der Waals surface area contributed by atoms with Gasteiger partial charge in [-0.05, 0) is 112 Å². The fraction of sp³-hybridized carbons (Fsp3) is 0.0370. The van der Waals surface area contributed by atoms with Gasteiger partial charge in [-0.2, -0.15) is 0 Å². The van der Waals surface area contributed by atoms with E-state index in [0.29, 0.717) is 0 Å². The third kappa shape index (κ3) is 4.99. The molecule has 268 valence electrons. The molecular formula is C54H36N2O. The number of anilines is 2. The number of para-hydroxylation sites is 2. The van der Waals surface area contributed by atoms with E-state index in [1.165, 1.54) is 83.1 Å². The maximum absolute atomic E-state index is 6.47. The Morgan fingerprint density at radius 2 is 1.12 bits per heavy atom. The number of benzene rings is 8. The normalized spacial score (nSPS) is 14.9. The first-order valence-corrected chi connectivity index (χ1v) is 19.8. The van der Waals surface area contributed by atoms with Gasteiger partial charge in [-0.15, -0.1) is 0 Å². The molecule has 8 aromatic carbocycles. The van der Waals surface area contributed by atoms with Crippen LogP contribution in [0.1, 0.15) is 17.5 Å². The van der Waals surface area contributed by atoms with Gasteiger partial charge < -0.3 is 13.9 Å². The predicted octanol–water partition coefficient (Wildman–Crippen LogP) is 14.4. The number of aromatic nitrogens is 1. The molecule has 3 nitrogen and oxygen atoms in total. The van der Waals surface area contributed by atoms with Gasteiger partial charge in [-0.1, -0.05) is 133 Å². The SMILES string of the molecule is C1=C(c2ccc3c(c2)c2ccccc2n3-c2ccc(-c3ccccc3)cc2)C=C2c3ccc4oc5ccccc5c4c3N(c3cccc(-c4ccccc4)c3)C2C1. The minimum absolute atomic E-state index is 0.151. The molecule has 0 fully saturated rings. The summed E-state index contributed by atoms with van der Waals surface area (Å²) in [5.74, 6) is 0. The van der Waals surface area contributed by atoms with Crippen molar-refractivity contribution < 1.29 is 4.42 Å². The van der Waals surface area contributed by atoms with Gasteiger partial charge >= 0.3 is 0 Å². The lowest BCUT2D eigenvalue weighted by molar-refractivity contribution is 0.669. The molecule has 0 bridgehead atoms. The molecule has 0 amide bonds. The van der Waals surface area contributed by atoms with Crippen molar-refractivity contribution in [2.45, 2.75) is 12.5 Å². The average Bonchev–Trinajstić information content (AvgIpc) is 3.94. The third-order valence-corrected chi connectivity index (χ3v) is 12.1. The van der Waals surface area contributed by atoms with Crippen molar-refractivity contribution >= 4 is 66.3 Å². The number of nitrogens with zero attached hydrogens (tertiary/aromatic N) is 2. The Morgan fingerprint density at radius 3 is 1.95 bits per heavy atom. The van der Waals surface area contributed by atoms with Gasteiger partial charge in [0.1, 0.15) is 11.2 Å². The van der Waals surface area contributed by atoms with Crippen molar-refractivity contribution in [1.29, 1.82) is 0 Å². The summed E-state index contributed by atoms with van der Waals surface area (Å²) in [6.45, 7) is 0. The molecule has 12 rings (SSSR count). The van der Waals surface area contributed by atoms with E-state index >= 15 is 0 Å². The van der Waals surface area contributed by atoms with Crippen LogP contribution in [0.5, 0.6) is 0 Å². The molecule has 2 aromatic heterocycles. The van der Waals surface area contributed by atoms with E-state index in [-0.39, 0.29) is 6.04 Å². The standard InChI is InChI=1S/C54H36N2O/c1-3-12-35(13-4-1)37-22-26-41(27-23-37)55-48-20-9-7-18-43(48)46-33-39(24-29-49(46)55)40-25-30-50-47(34-40)44-28-31-52-53(45-19-8-10-21-51(45)57-52)54(44)56(50)42-17-11-16-38(32-42)36-14-5-2-6-15-36/h1-29,31-34,50H,30H2. The number of hydrogen-bond acceptors (Lipinski definition) is 2. The second kappa shape index (κ2) is 12.6. The van der Waals surface area contributed by atoms with Gasteiger partial charge in [0, 0.05) is 33.1 Å². The smallest absolute Gasteiger partial charge is 0.137 e. The summed E-state index contributed by atoms with van der Waals surface area (Å²) in [4.78, 5) is 2.57. The van der Waals surface area contributed by atoms with Crippen LogP contribution in [-0.4, -0.2) is 10.6 Å². The fourth-order valence-corrected chi connectivity index (χ4v) is 9.47. The van der Waals surface area contributed by atoms with Crippen LogP contribution in [0.2, 0.25) is 0 Å². The highest BCUT2D eigenvalue weighted by molar-refractivity contribution is 6.18. The zero-order valence-corrected chi connectivity index (χ0v) is 31.1. The number of rotatable bonds is 5. The first-order chi connectivity index (χ1) is 28.3. The van der Waals surface area contributed by atoms with E-state index in [1.807, 2.05) is 0 Å². The van der Waals surface area contributed by atoms with E-state index in [9.17, 15) is 0 Å². The molecule has 1 unspecified atom stereocenters. The monoisotopic (exact) mass is 728 g/mol. The van der Waals surface area contributed by atoms with Crippen LogP contribution < -0.4 is 4.90 Å². The second-order valence-electron chi connectivity index (χ2n) is 15.2. The maximum Gasteiger partial charge on any atom is 0.137 e. The molecule has 2 aliphatic rings. The van der Waals surface area contributed by atoms with Crippen LogP contribution in [0.15, 0.2) is 205 Å². The lowest BCUT2D eigenvalue weighted by Crippen LogP contribution is -2.27. The van der Waals surface area contributed by atoms with Gasteiger partial charge in [0.2, 0.25) is 0 Å². The van der Waals surface area contributed by atoms with Gasteiger partial charge in [-0.25, -0.2) is 0 Å². The number of furan rings is 1. The highest BCUT2D eigenvalue weighted by Gasteiger charge is 2.38. The molecule has 3 heteroatoms. The van der Waals surface area contributed by atoms with E-state index in [2.05, 4.69) is 210 Å². The molecule has 1 aliphatic heterocycles. The Balaban J connectivity index is 0.990. The first-order valence-electron chi connectivity index (χ1n) is 19.8. The van der Waals surface area contributed by atoms with E-state index in [0.717, 1.165) is 28.7 Å². The van der Waals surface area contributed by atoms with Gasteiger partial charge in [0.25, 0.3) is 0 Å². The Hall–Kier alpha value is -7.36. The van der Waals surface area contributed by atoms with Crippen molar-refractivity contribution in [3.63, 3.8) is 0 Å². The predicted molar refractivity (Wildman–Crippen MR) is 238 cm³/mol. The van der Waals surface area contributed by atoms with E-state index in [1.54, 1.807) is 0 Å². The highest BCUT2D eigenvalue weighted by Crippen LogP contribution is 2.54. The van der Waals surface area contributed by atoms with Crippen molar-refractivity contribution in [3.8, 4) is 27.9 Å². The number of fused-ring (bicyclic) bond motifs is 10. The Morgan fingerprint density at radius 1 is 0.456 bits per heavy atom. The van der Waals surface area contributed by atoms with Gasteiger partial charge in [0.15, 0.2) is 0 Å². The van der Waals surface area contributed by atoms with Crippen LogP contribution >= 0.6 is 0 Å². The van der Waals surface area contributed by atoms with Crippen molar-refractivity contribution in [2.75, 3.05) is 4.90 Å². The van der Waals surface area contributed by atoms with E-state index < -0.39 is 0 Å². The minimum atomic E-state index is 0.151. The van der Waals surface area contributed by atoms with Crippen LogP contribution in [0.4, 0.5) is 11.4 Å². The summed E-state index contributed by atoms with van der Waals surface area (Å²) in [7, 11) is 0. The molecule has 0 radical (unpaired) electrons. The number of hydrogen-bond donors (Lipinski definition) is 0. The van der Waals surface area contributed by atoms with Crippen LogP contribution in [-0.2, 0) is 0 Å². The van der Waals surface area contributed by atoms with Crippen molar-refractivity contribution in [3.05, 3.63) is 211 Å². The quantitative estimate of drug-likeness (QED) is 0.176. The van der Waals surface area contributed by atoms with Gasteiger partial charge in [-0.3, -0.25) is 0 Å². The van der Waals surface area contributed by atoms with Gasteiger partial charge in [0.05, 0.1) is 28.1 Å². The van der Waals surface area contributed by atoms with Crippen LogP contribution in [0, 0.1) is 0 Å². The molecule has 0 spiro atoms. The highest BCUT2D eigenvalue weighted by atomic mass is 16.3. The zero-order valence-electron chi connectivity index (χ0n) is 31.1. The first kappa shape index (κ1) is 31.9. The summed E-state index contributed by atoms with van der Waals surface area (Å²) < 4.78 is 8.88. The summed E-state index contributed by atoms with van der Waals surface area (Å²) in [6.07, 6.45) is 5.78. The Labute approximate surface area is 330 Å². The summed E-state index contributed by atoms with van der Waals surface area (Å²) in [5.41, 5.74) is 17.8.